The Morgan fingerprint density at radius 3 is 3.09 bits per heavy atom. The Bertz CT molecular complexity index is 229. The fraction of sp³-hybridized carbons (Fsp3) is 0.286. The van der Waals surface area contributed by atoms with Gasteiger partial charge in [-0.2, -0.15) is 0 Å². The van der Waals surface area contributed by atoms with Crippen LogP contribution >= 0.6 is 0 Å². The summed E-state index contributed by atoms with van der Waals surface area (Å²) in [6.07, 6.45) is 1.94. The minimum Gasteiger partial charge on any atom is -0.304 e. The molecule has 0 saturated carbocycles. The number of nitrogens with zero attached hydrogens (tertiary/aromatic N) is 1. The van der Waals surface area contributed by atoms with Crippen molar-refractivity contribution in [3.63, 3.8) is 0 Å². The van der Waals surface area contributed by atoms with Crippen LogP contribution in [0.3, 0.4) is 0 Å². The molecule has 0 saturated heterocycles. The molecule has 2 N–H and O–H groups in total. The normalized spacial score (nSPS) is 10.0. The van der Waals surface area contributed by atoms with Crippen LogP contribution in [0.5, 0.6) is 0 Å². The molecule has 60 valence electrons. The fourth-order valence-electron chi connectivity index (χ4n) is 0.758. The van der Waals surface area contributed by atoms with Crippen LogP contribution in [-0.2, 0) is 11.3 Å². The Kier molecular flexibility index (Phi) is 2.95. The summed E-state index contributed by atoms with van der Waals surface area (Å²) in [4.78, 5) is 8.10. The van der Waals surface area contributed by atoms with Crippen LogP contribution in [0.2, 0.25) is 0 Å². The first kappa shape index (κ1) is 8.10. The van der Waals surface area contributed by atoms with E-state index in [0.29, 0.717) is 12.1 Å². The van der Waals surface area contributed by atoms with E-state index in [-0.39, 0.29) is 12.4 Å². The second-order valence-corrected chi connectivity index (χ2v) is 2.05. The molecule has 0 radical (unpaired) electrons. The van der Waals surface area contributed by atoms with Crippen molar-refractivity contribution in [1.29, 1.82) is 0 Å². The predicted molar refractivity (Wildman–Crippen MR) is 38.0 cm³/mol. The molecule has 1 heterocycles. The molecule has 0 aliphatic rings. The molecule has 0 bridgehead atoms. The van der Waals surface area contributed by atoms with E-state index in [1.807, 2.05) is 0 Å². The molecule has 0 atom stereocenters. The van der Waals surface area contributed by atoms with E-state index in [4.69, 9.17) is 5.90 Å². The van der Waals surface area contributed by atoms with Crippen LogP contribution < -0.4 is 5.90 Å². The largest absolute Gasteiger partial charge is 0.304 e. The molecule has 1 rings (SSSR count). The first-order valence-electron chi connectivity index (χ1n) is 3.25. The van der Waals surface area contributed by atoms with Crippen LogP contribution in [-0.4, -0.2) is 11.6 Å². The van der Waals surface area contributed by atoms with Gasteiger partial charge in [0, 0.05) is 12.6 Å². The van der Waals surface area contributed by atoms with Crippen LogP contribution in [0.1, 0.15) is 5.69 Å². The van der Waals surface area contributed by atoms with Gasteiger partial charge < -0.3 is 4.84 Å². The number of nitrogens with two attached hydrogens (primary N) is 1. The molecule has 0 aliphatic heterocycles. The van der Waals surface area contributed by atoms with Gasteiger partial charge in [-0.1, -0.05) is 0 Å². The summed E-state index contributed by atoms with van der Waals surface area (Å²) in [6, 6.07) is 2.90. The van der Waals surface area contributed by atoms with Crippen LogP contribution in [0, 0.1) is 5.82 Å². The Morgan fingerprint density at radius 1 is 1.64 bits per heavy atom. The standard InChI is InChI=1S/C7H9FN2O/c8-6-2-1-4-10-7(6)3-5-11-9/h1-2,4H,3,5,9H2. The van der Waals surface area contributed by atoms with E-state index in [1.54, 1.807) is 6.07 Å². The number of rotatable bonds is 3. The Labute approximate surface area is 64.0 Å². The van der Waals surface area contributed by atoms with Gasteiger partial charge in [0.1, 0.15) is 5.82 Å². The first-order chi connectivity index (χ1) is 5.34. The molecule has 0 fully saturated rings. The van der Waals surface area contributed by atoms with Gasteiger partial charge in [0.05, 0.1) is 12.3 Å². The topological polar surface area (TPSA) is 48.1 Å². The average Bonchev–Trinajstić information content (AvgIpc) is 2.03. The van der Waals surface area contributed by atoms with Crippen molar-refractivity contribution in [2.24, 2.45) is 5.90 Å². The van der Waals surface area contributed by atoms with E-state index >= 15 is 0 Å². The molecule has 0 aromatic carbocycles. The lowest BCUT2D eigenvalue weighted by atomic mass is 10.3. The molecular weight excluding hydrogens is 147 g/mol. The Hall–Kier alpha value is -1.00. The number of hydrogen-bond donors (Lipinski definition) is 1. The zero-order chi connectivity index (χ0) is 8.10. The third-order valence-corrected chi connectivity index (χ3v) is 1.29. The Morgan fingerprint density at radius 2 is 2.45 bits per heavy atom. The van der Waals surface area contributed by atoms with Crippen molar-refractivity contribution in [3.05, 3.63) is 29.8 Å². The maximum absolute atomic E-state index is 12.8. The van der Waals surface area contributed by atoms with E-state index in [1.165, 1.54) is 12.3 Å². The van der Waals surface area contributed by atoms with Gasteiger partial charge in [0.15, 0.2) is 0 Å². The second-order valence-electron chi connectivity index (χ2n) is 2.05. The summed E-state index contributed by atoms with van der Waals surface area (Å²) in [5.74, 6) is 4.46. The molecule has 0 spiro atoms. The molecule has 1 aromatic heterocycles. The summed E-state index contributed by atoms with van der Waals surface area (Å²) in [5.41, 5.74) is 0.387. The highest BCUT2D eigenvalue weighted by Gasteiger charge is 2.00. The predicted octanol–water partition coefficient (Wildman–Crippen LogP) is 0.653. The molecule has 0 amide bonds. The van der Waals surface area contributed by atoms with Gasteiger partial charge in [-0.25, -0.2) is 10.3 Å². The second kappa shape index (κ2) is 4.00. The third-order valence-electron chi connectivity index (χ3n) is 1.29. The number of aromatic nitrogens is 1. The number of hydrogen-bond acceptors (Lipinski definition) is 3. The van der Waals surface area contributed by atoms with E-state index in [0.717, 1.165) is 0 Å². The smallest absolute Gasteiger partial charge is 0.144 e. The fourth-order valence-corrected chi connectivity index (χ4v) is 0.758. The molecule has 11 heavy (non-hydrogen) atoms. The van der Waals surface area contributed by atoms with Crippen molar-refractivity contribution in [2.45, 2.75) is 6.42 Å². The molecule has 4 heteroatoms. The van der Waals surface area contributed by atoms with Crippen molar-refractivity contribution < 1.29 is 9.23 Å². The highest BCUT2D eigenvalue weighted by atomic mass is 19.1. The van der Waals surface area contributed by atoms with Gasteiger partial charge in [-0.3, -0.25) is 4.98 Å². The summed E-state index contributed by atoms with van der Waals surface area (Å²) in [6.45, 7) is 0.286. The number of pyridine rings is 1. The highest BCUT2D eigenvalue weighted by molar-refractivity contribution is 5.06. The molecule has 0 unspecified atom stereocenters. The summed E-state index contributed by atoms with van der Waals surface area (Å²) < 4.78 is 12.8. The van der Waals surface area contributed by atoms with E-state index in [9.17, 15) is 4.39 Å². The first-order valence-corrected chi connectivity index (χ1v) is 3.25. The molecule has 0 aliphatic carbocycles. The minimum absolute atomic E-state index is 0.286. The van der Waals surface area contributed by atoms with Crippen LogP contribution in [0.15, 0.2) is 18.3 Å². The summed E-state index contributed by atoms with van der Waals surface area (Å²) in [7, 11) is 0. The average molecular weight is 156 g/mol. The summed E-state index contributed by atoms with van der Waals surface area (Å²) in [5, 5.41) is 0. The Balaban J connectivity index is 2.62. The molecule has 1 aromatic rings. The van der Waals surface area contributed by atoms with Gasteiger partial charge in [0.25, 0.3) is 0 Å². The van der Waals surface area contributed by atoms with Gasteiger partial charge in [-0.15, -0.1) is 0 Å². The highest BCUT2D eigenvalue weighted by Crippen LogP contribution is 2.02. The SMILES string of the molecule is NOCCc1ncccc1F. The lowest BCUT2D eigenvalue weighted by Gasteiger charge is -1.98. The van der Waals surface area contributed by atoms with Crippen molar-refractivity contribution >= 4 is 0 Å². The lowest BCUT2D eigenvalue weighted by molar-refractivity contribution is 0.140. The van der Waals surface area contributed by atoms with E-state index in [2.05, 4.69) is 9.82 Å². The van der Waals surface area contributed by atoms with Gasteiger partial charge in [-0.05, 0) is 12.1 Å². The molecule has 3 nitrogen and oxygen atoms in total. The van der Waals surface area contributed by atoms with Crippen LogP contribution in [0.25, 0.3) is 0 Å². The zero-order valence-corrected chi connectivity index (χ0v) is 5.96. The van der Waals surface area contributed by atoms with Gasteiger partial charge in [0.2, 0.25) is 0 Å². The van der Waals surface area contributed by atoms with Gasteiger partial charge >= 0.3 is 0 Å². The zero-order valence-electron chi connectivity index (χ0n) is 5.96. The number of halogens is 1. The third kappa shape index (κ3) is 2.25. The van der Waals surface area contributed by atoms with E-state index < -0.39 is 0 Å². The van der Waals surface area contributed by atoms with Crippen molar-refractivity contribution in [3.8, 4) is 0 Å². The van der Waals surface area contributed by atoms with Crippen molar-refractivity contribution in [1.82, 2.24) is 4.98 Å². The van der Waals surface area contributed by atoms with Crippen LogP contribution in [0.4, 0.5) is 4.39 Å². The maximum atomic E-state index is 12.8. The monoisotopic (exact) mass is 156 g/mol. The minimum atomic E-state index is -0.315. The quantitative estimate of drug-likeness (QED) is 0.654. The molecular formula is C7H9FN2O. The van der Waals surface area contributed by atoms with Crippen molar-refractivity contribution in [2.75, 3.05) is 6.61 Å². The maximum Gasteiger partial charge on any atom is 0.144 e. The lowest BCUT2D eigenvalue weighted by Crippen LogP contribution is -2.06. The summed E-state index contributed by atoms with van der Waals surface area (Å²) >= 11 is 0.